The van der Waals surface area contributed by atoms with Crippen molar-refractivity contribution in [3.63, 3.8) is 0 Å². The molecule has 0 bridgehead atoms. The molecule has 0 amide bonds. The first-order valence-corrected chi connectivity index (χ1v) is 20.1. The van der Waals surface area contributed by atoms with Crippen molar-refractivity contribution >= 4 is 40.6 Å². The molecule has 121 valence electrons. The van der Waals surface area contributed by atoms with E-state index in [-0.39, 0.29) is 5.41 Å². The van der Waals surface area contributed by atoms with Crippen LogP contribution in [0, 0.1) is 12.0 Å². The van der Waals surface area contributed by atoms with E-state index in [1.807, 2.05) is 0 Å². The zero-order chi connectivity index (χ0) is 17.1. The standard InChI is InChI=1S/C8H14O.2C6H5.HI.Sn/c1-6-8(5,9)7(2,3)4;2*1-2-4-6-5-3-1;;/h1,6H,2-5H3;2*1-5H;1H;/q;;;;+1/p-1. The second-order valence-corrected chi connectivity index (χ2v) is 24.4. The molecule has 0 saturated carbocycles. The van der Waals surface area contributed by atoms with Crippen molar-refractivity contribution in [3.05, 3.63) is 73.3 Å². The van der Waals surface area contributed by atoms with Gasteiger partial charge in [-0.2, -0.15) is 0 Å². The molecule has 0 saturated heterocycles. The molecule has 0 aliphatic rings. The summed E-state index contributed by atoms with van der Waals surface area (Å²) in [5.74, 6) is 0. The SMILES string of the molecule is [CH+]=CC(C)([O][Sn-]([I])([c]1ccccc1)[c]1ccccc1)C(C)(C)C. The molecule has 0 heterocycles. The third-order valence-corrected chi connectivity index (χ3v) is 22.4. The monoisotopic (exact) mass is 527 g/mol. The van der Waals surface area contributed by atoms with E-state index >= 15 is 0 Å². The Morgan fingerprint density at radius 3 is 1.57 bits per heavy atom. The fourth-order valence-electron chi connectivity index (χ4n) is 2.32. The molecule has 1 atom stereocenters. The first kappa shape index (κ1) is 18.9. The van der Waals surface area contributed by atoms with E-state index in [0.717, 1.165) is 0 Å². The fourth-order valence-corrected chi connectivity index (χ4v) is 18.1. The minimum atomic E-state index is -3.33. The molecule has 23 heavy (non-hydrogen) atoms. The van der Waals surface area contributed by atoms with Crippen molar-refractivity contribution in [2.24, 2.45) is 5.41 Å². The van der Waals surface area contributed by atoms with Crippen LogP contribution < -0.4 is 7.16 Å². The number of hydrogen-bond donors (Lipinski definition) is 0. The molecule has 0 N–H and O–H groups in total. The van der Waals surface area contributed by atoms with Crippen LogP contribution in [0.5, 0.6) is 0 Å². The molecule has 0 aliphatic carbocycles. The van der Waals surface area contributed by atoms with Crippen molar-refractivity contribution < 1.29 is 3.07 Å². The molecule has 0 fully saturated rings. The van der Waals surface area contributed by atoms with E-state index in [1.165, 1.54) is 7.16 Å². The first-order valence-electron chi connectivity index (χ1n) is 7.79. The van der Waals surface area contributed by atoms with Crippen LogP contribution in [0.4, 0.5) is 0 Å². The van der Waals surface area contributed by atoms with E-state index in [4.69, 9.17) is 9.65 Å². The summed E-state index contributed by atoms with van der Waals surface area (Å²) in [6, 6.07) is 21.2. The van der Waals surface area contributed by atoms with Gasteiger partial charge in [0.25, 0.3) is 0 Å². The van der Waals surface area contributed by atoms with Crippen molar-refractivity contribution in [1.82, 2.24) is 0 Å². The molecule has 0 radical (unpaired) electrons. The van der Waals surface area contributed by atoms with E-state index in [9.17, 15) is 0 Å². The molecule has 0 spiro atoms. The summed E-state index contributed by atoms with van der Waals surface area (Å²) in [5.41, 5.74) is -0.575. The van der Waals surface area contributed by atoms with Crippen LogP contribution in [0.3, 0.4) is 0 Å². The molecule has 0 aromatic heterocycles. The Balaban J connectivity index is 2.58. The molecule has 0 aliphatic heterocycles. The van der Waals surface area contributed by atoms with Crippen LogP contribution in [0.15, 0.2) is 66.7 Å². The van der Waals surface area contributed by atoms with Gasteiger partial charge >= 0.3 is 156 Å². The first-order chi connectivity index (χ1) is 10.7. The molecule has 2 rings (SSSR count). The molecule has 1 nitrogen and oxygen atoms in total. The molecular formula is C20H24IOSn. The summed E-state index contributed by atoms with van der Waals surface area (Å²) in [4.78, 5) is 0. The molecule has 3 heteroatoms. The van der Waals surface area contributed by atoms with E-state index in [2.05, 4.69) is 107 Å². The van der Waals surface area contributed by atoms with Gasteiger partial charge in [-0.05, 0) is 0 Å². The van der Waals surface area contributed by atoms with Gasteiger partial charge in [0.15, 0.2) is 0 Å². The van der Waals surface area contributed by atoms with Crippen LogP contribution in [0.2, 0.25) is 0 Å². The number of hydrogen-bond acceptors (Lipinski definition) is 1. The molecule has 2 aromatic carbocycles. The van der Waals surface area contributed by atoms with Crippen LogP contribution in [0.1, 0.15) is 27.7 Å². The Labute approximate surface area is 154 Å². The van der Waals surface area contributed by atoms with Crippen molar-refractivity contribution in [3.8, 4) is 0 Å². The van der Waals surface area contributed by atoms with Crippen LogP contribution in [0.25, 0.3) is 0 Å². The third-order valence-electron chi connectivity index (χ3n) is 4.45. The maximum atomic E-state index is 6.93. The summed E-state index contributed by atoms with van der Waals surface area (Å²) in [6.45, 7) is 14.7. The van der Waals surface area contributed by atoms with Gasteiger partial charge in [-0.1, -0.05) is 0 Å². The predicted molar refractivity (Wildman–Crippen MR) is 110 cm³/mol. The van der Waals surface area contributed by atoms with Gasteiger partial charge in [-0.25, -0.2) is 0 Å². The van der Waals surface area contributed by atoms with E-state index in [1.54, 1.807) is 6.08 Å². The van der Waals surface area contributed by atoms with Crippen LogP contribution in [-0.4, -0.2) is 20.4 Å². The number of benzene rings is 2. The predicted octanol–water partition coefficient (Wildman–Crippen LogP) is 4.49. The van der Waals surface area contributed by atoms with Crippen LogP contribution >= 0.6 is 18.6 Å². The van der Waals surface area contributed by atoms with E-state index in [0.29, 0.717) is 0 Å². The van der Waals surface area contributed by atoms with Crippen molar-refractivity contribution in [2.75, 3.05) is 0 Å². The number of halogens is 1. The topological polar surface area (TPSA) is 9.23 Å². The zero-order valence-electron chi connectivity index (χ0n) is 14.2. The Bertz CT molecular complexity index is 609. The molecule has 2 aromatic rings. The molecular weight excluding hydrogens is 502 g/mol. The summed E-state index contributed by atoms with van der Waals surface area (Å²) in [5, 5.41) is 0. The Morgan fingerprint density at radius 2 is 1.26 bits per heavy atom. The normalized spacial score (nSPS) is 15.0. The van der Waals surface area contributed by atoms with Gasteiger partial charge in [0.05, 0.1) is 0 Å². The average Bonchev–Trinajstić information content (AvgIpc) is 2.55. The van der Waals surface area contributed by atoms with Gasteiger partial charge in [0, 0.05) is 0 Å². The minimum absolute atomic E-state index is 0.0847. The van der Waals surface area contributed by atoms with Crippen LogP contribution in [-0.2, 0) is 3.07 Å². The Morgan fingerprint density at radius 1 is 0.870 bits per heavy atom. The van der Waals surface area contributed by atoms with Crippen molar-refractivity contribution in [2.45, 2.75) is 33.3 Å². The van der Waals surface area contributed by atoms with Gasteiger partial charge in [0.1, 0.15) is 0 Å². The third kappa shape index (κ3) is 3.98. The van der Waals surface area contributed by atoms with Gasteiger partial charge < -0.3 is 0 Å². The summed E-state index contributed by atoms with van der Waals surface area (Å²) in [6.07, 6.45) is 1.73. The fraction of sp³-hybridized carbons (Fsp3) is 0.300. The van der Waals surface area contributed by atoms with Gasteiger partial charge in [-0.15, -0.1) is 0 Å². The summed E-state index contributed by atoms with van der Waals surface area (Å²) >= 11 is -0.721. The maximum absolute atomic E-state index is 6.93. The average molecular weight is 526 g/mol. The summed E-state index contributed by atoms with van der Waals surface area (Å²) in [7, 11) is 0. The van der Waals surface area contributed by atoms with Gasteiger partial charge in [0.2, 0.25) is 0 Å². The molecule has 1 unspecified atom stereocenters. The Hall–Kier alpha value is -0.421. The second kappa shape index (κ2) is 7.22. The Kier molecular flexibility index (Phi) is 5.94. The van der Waals surface area contributed by atoms with E-state index < -0.39 is 20.4 Å². The zero-order valence-corrected chi connectivity index (χ0v) is 19.2. The van der Waals surface area contributed by atoms with Gasteiger partial charge in [-0.3, -0.25) is 0 Å². The quantitative estimate of drug-likeness (QED) is 0.317. The summed E-state index contributed by atoms with van der Waals surface area (Å²) < 4.78 is 9.55. The second-order valence-electron chi connectivity index (χ2n) is 6.95. The van der Waals surface area contributed by atoms with Crippen molar-refractivity contribution in [1.29, 1.82) is 0 Å². The number of rotatable bonds is 5.